The fourth-order valence-corrected chi connectivity index (χ4v) is 4.43. The third-order valence-corrected chi connectivity index (χ3v) is 6.31. The van der Waals surface area contributed by atoms with Gasteiger partial charge >= 0.3 is 0 Å². The normalized spacial score (nSPS) is 15.9. The molecule has 1 aromatic carbocycles. The Morgan fingerprint density at radius 3 is 2.73 bits per heavy atom. The third kappa shape index (κ3) is 3.84. The fraction of sp³-hybridized carbons (Fsp3) is 0.333. The lowest BCUT2D eigenvalue weighted by Gasteiger charge is -2.32. The highest BCUT2D eigenvalue weighted by Crippen LogP contribution is 2.36. The summed E-state index contributed by atoms with van der Waals surface area (Å²) in [5.74, 6) is 0.0948. The summed E-state index contributed by atoms with van der Waals surface area (Å²) in [4.78, 5) is 38.5. The van der Waals surface area contributed by atoms with Crippen molar-refractivity contribution in [3.05, 3.63) is 53.0 Å². The van der Waals surface area contributed by atoms with E-state index >= 15 is 0 Å². The quantitative estimate of drug-likeness (QED) is 0.631. The van der Waals surface area contributed by atoms with E-state index in [4.69, 9.17) is 10.5 Å². The van der Waals surface area contributed by atoms with E-state index in [0.29, 0.717) is 47.7 Å². The van der Waals surface area contributed by atoms with E-state index in [1.807, 2.05) is 37.1 Å². The van der Waals surface area contributed by atoms with Gasteiger partial charge in [0.15, 0.2) is 0 Å². The molecule has 0 aliphatic carbocycles. The van der Waals surface area contributed by atoms with Gasteiger partial charge in [0, 0.05) is 55.4 Å². The van der Waals surface area contributed by atoms with Crippen LogP contribution < -0.4 is 15.8 Å². The van der Waals surface area contributed by atoms with Gasteiger partial charge < -0.3 is 25.6 Å². The molecule has 0 spiro atoms. The highest BCUT2D eigenvalue weighted by Gasteiger charge is 2.25. The number of rotatable bonds is 4. The van der Waals surface area contributed by atoms with E-state index in [2.05, 4.69) is 20.2 Å². The number of aryl methyl sites for hydroxylation is 1. The van der Waals surface area contributed by atoms with Crippen LogP contribution >= 0.6 is 0 Å². The number of anilines is 2. The smallest absolute Gasteiger partial charge is 0.272 e. The van der Waals surface area contributed by atoms with Gasteiger partial charge in [-0.05, 0) is 32.2 Å². The van der Waals surface area contributed by atoms with Crippen molar-refractivity contribution in [1.29, 1.82) is 0 Å². The molecule has 1 fully saturated rings. The molecule has 33 heavy (non-hydrogen) atoms. The van der Waals surface area contributed by atoms with Crippen molar-refractivity contribution in [3.8, 4) is 5.75 Å². The molecular weight excluding hydrogens is 420 g/mol. The van der Waals surface area contributed by atoms with Gasteiger partial charge in [0.1, 0.15) is 11.4 Å². The van der Waals surface area contributed by atoms with Gasteiger partial charge in [0.25, 0.3) is 11.8 Å². The summed E-state index contributed by atoms with van der Waals surface area (Å²) >= 11 is 0. The molecule has 9 heteroatoms. The maximum Gasteiger partial charge on any atom is 0.272 e. The lowest BCUT2D eigenvalue weighted by molar-refractivity contribution is 0.0658. The van der Waals surface area contributed by atoms with Gasteiger partial charge in [-0.2, -0.15) is 0 Å². The second kappa shape index (κ2) is 8.32. The Hall–Kier alpha value is -3.72. The molecule has 9 nitrogen and oxygen atoms in total. The molecule has 4 heterocycles. The van der Waals surface area contributed by atoms with E-state index in [0.717, 1.165) is 36.5 Å². The van der Waals surface area contributed by atoms with Crippen LogP contribution in [0.3, 0.4) is 0 Å². The average Bonchev–Trinajstić information content (AvgIpc) is 3.29. The number of carbonyl (C=O) groups excluding carboxylic acids is 2. The molecule has 0 radical (unpaired) electrons. The van der Waals surface area contributed by atoms with Crippen LogP contribution in [0.4, 0.5) is 11.4 Å². The first kappa shape index (κ1) is 21.1. The number of nitrogens with zero attached hydrogens (tertiary/aromatic N) is 4. The standard InChI is InChI=1S/C24H26N6O3/c1-14-21-16(12-19(27-14)24(32)30-9-7-29(2)8-10-30)22(17(13-26-21)23(25)31)28-18-4-3-5-20-15(18)6-11-33-20/h3-5,12-13H,6-11H2,1-2H3,(H2,25,31)(H,26,28). The number of nitrogens with one attached hydrogen (secondary N) is 1. The van der Waals surface area contributed by atoms with Crippen molar-refractivity contribution in [3.63, 3.8) is 0 Å². The van der Waals surface area contributed by atoms with E-state index in [1.165, 1.54) is 6.20 Å². The topological polar surface area (TPSA) is 114 Å². The van der Waals surface area contributed by atoms with Crippen molar-refractivity contribution >= 4 is 34.1 Å². The number of piperazine rings is 1. The Balaban J connectivity index is 1.62. The Morgan fingerprint density at radius 1 is 1.18 bits per heavy atom. The zero-order valence-electron chi connectivity index (χ0n) is 18.7. The number of hydrogen-bond donors (Lipinski definition) is 2. The van der Waals surface area contributed by atoms with Crippen LogP contribution in [0.2, 0.25) is 0 Å². The van der Waals surface area contributed by atoms with Crippen LogP contribution in [0.1, 0.15) is 32.1 Å². The number of nitrogens with two attached hydrogens (primary N) is 1. The SMILES string of the molecule is Cc1nc(C(=O)N2CCN(C)CC2)cc2c(Nc3cccc4c3CCO4)c(C(N)=O)cnc12. The zero-order valence-corrected chi connectivity index (χ0v) is 18.7. The molecule has 3 N–H and O–H groups in total. The molecule has 2 aliphatic rings. The van der Waals surface area contributed by atoms with Crippen LogP contribution in [0.25, 0.3) is 10.9 Å². The monoisotopic (exact) mass is 446 g/mol. The lowest BCUT2D eigenvalue weighted by Crippen LogP contribution is -2.47. The maximum atomic E-state index is 13.2. The Labute approximate surface area is 191 Å². The van der Waals surface area contributed by atoms with Crippen LogP contribution in [0.5, 0.6) is 5.75 Å². The molecule has 2 aromatic heterocycles. The highest BCUT2D eigenvalue weighted by atomic mass is 16.5. The van der Waals surface area contributed by atoms with Crippen molar-refractivity contribution in [2.75, 3.05) is 45.2 Å². The predicted molar refractivity (Wildman–Crippen MR) is 125 cm³/mol. The minimum absolute atomic E-state index is 0.127. The Kier molecular flexibility index (Phi) is 5.33. The van der Waals surface area contributed by atoms with E-state index < -0.39 is 5.91 Å². The molecule has 0 unspecified atom stereocenters. The molecule has 170 valence electrons. The summed E-state index contributed by atoms with van der Waals surface area (Å²) in [7, 11) is 2.04. The molecule has 0 bridgehead atoms. The average molecular weight is 447 g/mol. The highest BCUT2D eigenvalue weighted by molar-refractivity contribution is 6.09. The van der Waals surface area contributed by atoms with Crippen molar-refractivity contribution in [2.45, 2.75) is 13.3 Å². The van der Waals surface area contributed by atoms with Crippen molar-refractivity contribution in [1.82, 2.24) is 19.8 Å². The van der Waals surface area contributed by atoms with E-state index in [1.54, 1.807) is 6.07 Å². The summed E-state index contributed by atoms with van der Waals surface area (Å²) in [5, 5.41) is 4.03. The van der Waals surface area contributed by atoms with Gasteiger partial charge in [-0.25, -0.2) is 4.98 Å². The summed E-state index contributed by atoms with van der Waals surface area (Å²) in [5.41, 5.74) is 9.90. The number of ether oxygens (including phenoxy) is 1. The largest absolute Gasteiger partial charge is 0.493 e. The third-order valence-electron chi connectivity index (χ3n) is 6.31. The molecule has 2 aliphatic heterocycles. The van der Waals surface area contributed by atoms with Gasteiger partial charge in [0.2, 0.25) is 0 Å². The van der Waals surface area contributed by atoms with E-state index in [9.17, 15) is 9.59 Å². The number of pyridine rings is 2. The van der Waals surface area contributed by atoms with Gasteiger partial charge in [-0.1, -0.05) is 6.07 Å². The second-order valence-corrected chi connectivity index (χ2v) is 8.50. The molecule has 2 amide bonds. The number of carbonyl (C=O) groups is 2. The first-order valence-corrected chi connectivity index (χ1v) is 11.0. The number of fused-ring (bicyclic) bond motifs is 2. The van der Waals surface area contributed by atoms with Gasteiger partial charge in [-0.3, -0.25) is 14.6 Å². The first-order chi connectivity index (χ1) is 15.9. The number of aromatic nitrogens is 2. The van der Waals surface area contributed by atoms with Crippen LogP contribution in [0, 0.1) is 6.92 Å². The Morgan fingerprint density at radius 2 is 1.97 bits per heavy atom. The van der Waals surface area contributed by atoms with Crippen LogP contribution in [0.15, 0.2) is 30.5 Å². The lowest BCUT2D eigenvalue weighted by atomic mass is 10.0. The number of primary amides is 1. The summed E-state index contributed by atoms with van der Waals surface area (Å²) in [6.45, 7) is 5.36. The molecule has 1 saturated heterocycles. The summed E-state index contributed by atoms with van der Waals surface area (Å²) in [6.07, 6.45) is 2.23. The van der Waals surface area contributed by atoms with Crippen molar-refractivity contribution in [2.24, 2.45) is 5.73 Å². The van der Waals surface area contributed by atoms with Gasteiger partial charge in [-0.15, -0.1) is 0 Å². The molecular formula is C24H26N6O3. The first-order valence-electron chi connectivity index (χ1n) is 11.0. The number of hydrogen-bond acceptors (Lipinski definition) is 7. The minimum Gasteiger partial charge on any atom is -0.493 e. The molecule has 3 aromatic rings. The fourth-order valence-electron chi connectivity index (χ4n) is 4.43. The van der Waals surface area contributed by atoms with Gasteiger partial charge in [0.05, 0.1) is 29.1 Å². The maximum absolute atomic E-state index is 13.2. The number of benzene rings is 1. The van der Waals surface area contributed by atoms with Crippen LogP contribution in [-0.2, 0) is 6.42 Å². The predicted octanol–water partition coefficient (Wildman–Crippen LogP) is 2.10. The van der Waals surface area contributed by atoms with Crippen LogP contribution in [-0.4, -0.2) is 71.4 Å². The number of amides is 2. The molecule has 0 atom stereocenters. The minimum atomic E-state index is -0.600. The summed E-state index contributed by atoms with van der Waals surface area (Å²) < 4.78 is 5.68. The number of likely N-dealkylation sites (N-methyl/N-ethyl adjacent to an activating group) is 1. The summed E-state index contributed by atoms with van der Waals surface area (Å²) in [6, 6.07) is 7.47. The molecule has 5 rings (SSSR count). The Bertz CT molecular complexity index is 1270. The second-order valence-electron chi connectivity index (χ2n) is 8.50. The molecule has 0 saturated carbocycles. The van der Waals surface area contributed by atoms with Crippen molar-refractivity contribution < 1.29 is 14.3 Å². The van der Waals surface area contributed by atoms with E-state index in [-0.39, 0.29) is 11.5 Å². The zero-order chi connectivity index (χ0) is 23.1.